The minimum absolute atomic E-state index is 0.00472. The number of hydrogen-bond donors (Lipinski definition) is 0. The molecule has 7 nitrogen and oxygen atoms in total. The van der Waals surface area contributed by atoms with E-state index in [-0.39, 0.29) is 5.56 Å². The van der Waals surface area contributed by atoms with Crippen molar-refractivity contribution in [1.82, 2.24) is 18.9 Å². The van der Waals surface area contributed by atoms with Gasteiger partial charge >= 0.3 is 0 Å². The minimum Gasteiger partial charge on any atom is -0.368 e. The van der Waals surface area contributed by atoms with Crippen LogP contribution in [-0.2, 0) is 7.05 Å². The maximum atomic E-state index is 12.2. The summed E-state index contributed by atoms with van der Waals surface area (Å²) in [6.07, 6.45) is 5.37. The fourth-order valence-electron chi connectivity index (χ4n) is 3.74. The monoisotopic (exact) mass is 382 g/mol. The zero-order chi connectivity index (χ0) is 18.4. The lowest BCUT2D eigenvalue weighted by atomic mass is 9.85. The van der Waals surface area contributed by atoms with Crippen molar-refractivity contribution in [2.75, 3.05) is 36.0 Å². The largest absolute Gasteiger partial charge is 0.368 e. The third-order valence-electron chi connectivity index (χ3n) is 5.72. The summed E-state index contributed by atoms with van der Waals surface area (Å²) in [5, 5.41) is 1.72. The summed E-state index contributed by atoms with van der Waals surface area (Å²) in [4.78, 5) is 26.1. The van der Waals surface area contributed by atoms with Gasteiger partial charge in [-0.1, -0.05) is 6.42 Å². The van der Waals surface area contributed by atoms with E-state index in [1.165, 1.54) is 35.4 Å². The fraction of sp³-hybridized carbons (Fsp3) is 0.474. The fourth-order valence-corrected chi connectivity index (χ4v) is 4.54. The third kappa shape index (κ3) is 2.97. The molecule has 3 heterocycles. The van der Waals surface area contributed by atoms with Crippen LogP contribution in [0.5, 0.6) is 0 Å². The Bertz CT molecular complexity index is 1030. The molecule has 0 N–H and O–H groups in total. The minimum atomic E-state index is -0.00472. The van der Waals surface area contributed by atoms with Gasteiger partial charge in [0.05, 0.1) is 17.2 Å². The average molecular weight is 382 g/mol. The van der Waals surface area contributed by atoms with Gasteiger partial charge in [0.1, 0.15) is 5.82 Å². The summed E-state index contributed by atoms with van der Waals surface area (Å²) in [7, 11) is 1.73. The normalized spacial score (nSPS) is 18.1. The van der Waals surface area contributed by atoms with Crippen LogP contribution in [0.25, 0.3) is 10.9 Å². The Hall–Kier alpha value is -2.48. The molecule has 1 aromatic carbocycles. The molecular weight excluding hydrogens is 360 g/mol. The van der Waals surface area contributed by atoms with Crippen molar-refractivity contribution >= 4 is 33.3 Å². The molecule has 3 aromatic rings. The van der Waals surface area contributed by atoms with E-state index in [4.69, 9.17) is 4.98 Å². The molecule has 0 radical (unpaired) electrons. The number of piperazine rings is 1. The molecular formula is C19H22N6OS. The first-order valence-corrected chi connectivity index (χ1v) is 10.3. The highest BCUT2D eigenvalue weighted by molar-refractivity contribution is 7.09. The summed E-state index contributed by atoms with van der Waals surface area (Å²) >= 11 is 1.53. The SMILES string of the molecule is Cn1cnc2cc(N3CCN(c4nc(C5CCC5)ns4)CC3)ccc2c1=O. The van der Waals surface area contributed by atoms with Gasteiger partial charge < -0.3 is 14.4 Å². The number of fused-ring (bicyclic) bond motifs is 1. The first kappa shape index (κ1) is 16.7. The number of nitrogens with zero attached hydrogens (tertiary/aromatic N) is 6. The molecule has 0 atom stereocenters. The highest BCUT2D eigenvalue weighted by atomic mass is 32.1. The Morgan fingerprint density at radius 3 is 2.63 bits per heavy atom. The number of benzene rings is 1. The van der Waals surface area contributed by atoms with Crippen molar-refractivity contribution in [2.45, 2.75) is 25.2 Å². The molecule has 0 unspecified atom stereocenters. The summed E-state index contributed by atoms with van der Waals surface area (Å²) < 4.78 is 6.09. The summed E-state index contributed by atoms with van der Waals surface area (Å²) in [5.41, 5.74) is 1.87. The summed E-state index contributed by atoms with van der Waals surface area (Å²) in [6.45, 7) is 3.71. The van der Waals surface area contributed by atoms with Gasteiger partial charge in [0, 0.05) is 56.4 Å². The van der Waals surface area contributed by atoms with Crippen LogP contribution in [0.4, 0.5) is 10.8 Å². The van der Waals surface area contributed by atoms with Crippen LogP contribution in [0.3, 0.4) is 0 Å². The van der Waals surface area contributed by atoms with Gasteiger partial charge in [-0.15, -0.1) is 0 Å². The van der Waals surface area contributed by atoms with Crippen LogP contribution in [0, 0.1) is 0 Å². The molecule has 27 heavy (non-hydrogen) atoms. The second-order valence-electron chi connectivity index (χ2n) is 7.40. The molecule has 1 saturated carbocycles. The zero-order valence-electron chi connectivity index (χ0n) is 15.3. The van der Waals surface area contributed by atoms with Crippen molar-refractivity contribution < 1.29 is 0 Å². The average Bonchev–Trinajstić information content (AvgIpc) is 3.13. The number of anilines is 2. The Morgan fingerprint density at radius 1 is 1.11 bits per heavy atom. The van der Waals surface area contributed by atoms with Gasteiger partial charge in [-0.2, -0.15) is 4.37 Å². The van der Waals surface area contributed by atoms with Crippen LogP contribution in [0.15, 0.2) is 29.3 Å². The van der Waals surface area contributed by atoms with Gasteiger partial charge in [0.25, 0.3) is 5.56 Å². The number of aromatic nitrogens is 4. The Kier molecular flexibility index (Phi) is 4.07. The Labute approximate surface area is 161 Å². The molecule has 5 rings (SSSR count). The van der Waals surface area contributed by atoms with Crippen molar-refractivity contribution in [3.8, 4) is 0 Å². The van der Waals surface area contributed by atoms with Crippen LogP contribution in [-0.4, -0.2) is 45.1 Å². The van der Waals surface area contributed by atoms with Gasteiger partial charge in [0.2, 0.25) is 5.13 Å². The van der Waals surface area contributed by atoms with E-state index >= 15 is 0 Å². The van der Waals surface area contributed by atoms with Gasteiger partial charge in [-0.05, 0) is 31.0 Å². The second-order valence-corrected chi connectivity index (χ2v) is 8.13. The first-order chi connectivity index (χ1) is 13.2. The Balaban J connectivity index is 1.30. The molecule has 0 spiro atoms. The zero-order valence-corrected chi connectivity index (χ0v) is 16.2. The molecule has 140 valence electrons. The van der Waals surface area contributed by atoms with E-state index in [1.807, 2.05) is 18.2 Å². The predicted octanol–water partition coefficient (Wildman–Crippen LogP) is 2.38. The van der Waals surface area contributed by atoms with E-state index in [0.29, 0.717) is 11.3 Å². The van der Waals surface area contributed by atoms with Gasteiger partial charge in [0.15, 0.2) is 0 Å². The smallest absolute Gasteiger partial charge is 0.260 e. The maximum Gasteiger partial charge on any atom is 0.260 e. The quantitative estimate of drug-likeness (QED) is 0.693. The lowest BCUT2D eigenvalue weighted by Crippen LogP contribution is -2.46. The lowest BCUT2D eigenvalue weighted by Gasteiger charge is -2.35. The number of aryl methyl sites for hydroxylation is 1. The lowest BCUT2D eigenvalue weighted by molar-refractivity contribution is 0.405. The first-order valence-electron chi connectivity index (χ1n) is 9.48. The highest BCUT2D eigenvalue weighted by Gasteiger charge is 2.26. The molecule has 0 bridgehead atoms. The summed E-state index contributed by atoms with van der Waals surface area (Å²) in [6, 6.07) is 5.94. The van der Waals surface area contributed by atoms with Crippen molar-refractivity contribution in [3.05, 3.63) is 40.7 Å². The highest BCUT2D eigenvalue weighted by Crippen LogP contribution is 2.36. The summed E-state index contributed by atoms with van der Waals surface area (Å²) in [5.74, 6) is 1.64. The molecule has 1 aliphatic heterocycles. The van der Waals surface area contributed by atoms with Crippen LogP contribution in [0.1, 0.15) is 31.0 Å². The number of hydrogen-bond acceptors (Lipinski definition) is 7. The van der Waals surface area contributed by atoms with Crippen molar-refractivity contribution in [1.29, 1.82) is 0 Å². The van der Waals surface area contributed by atoms with Gasteiger partial charge in [-0.25, -0.2) is 9.97 Å². The van der Waals surface area contributed by atoms with E-state index in [0.717, 1.165) is 48.3 Å². The van der Waals surface area contributed by atoms with E-state index < -0.39 is 0 Å². The molecule has 2 aromatic heterocycles. The predicted molar refractivity (Wildman–Crippen MR) is 108 cm³/mol. The van der Waals surface area contributed by atoms with E-state index in [9.17, 15) is 4.79 Å². The molecule has 1 saturated heterocycles. The van der Waals surface area contributed by atoms with Gasteiger partial charge in [-0.3, -0.25) is 4.79 Å². The van der Waals surface area contributed by atoms with Crippen LogP contribution < -0.4 is 15.4 Å². The Morgan fingerprint density at radius 2 is 1.89 bits per heavy atom. The third-order valence-corrected chi connectivity index (χ3v) is 6.51. The second kappa shape index (κ2) is 6.60. The standard InChI is InChI=1S/C19H22N6OS/c1-23-12-20-16-11-14(5-6-15(16)18(23)26)24-7-9-25(10-8-24)19-21-17(22-27-19)13-3-2-4-13/h5-6,11-13H,2-4,7-10H2,1H3. The van der Waals surface area contributed by atoms with E-state index in [2.05, 4.69) is 19.2 Å². The molecule has 1 aliphatic carbocycles. The molecule has 0 amide bonds. The van der Waals surface area contributed by atoms with Crippen molar-refractivity contribution in [3.63, 3.8) is 0 Å². The maximum absolute atomic E-state index is 12.2. The number of rotatable bonds is 3. The van der Waals surface area contributed by atoms with Crippen LogP contribution in [0.2, 0.25) is 0 Å². The molecule has 8 heteroatoms. The topological polar surface area (TPSA) is 67.2 Å². The molecule has 2 fully saturated rings. The molecule has 2 aliphatic rings. The van der Waals surface area contributed by atoms with Crippen molar-refractivity contribution in [2.24, 2.45) is 7.05 Å². The van der Waals surface area contributed by atoms with Crippen LogP contribution >= 0.6 is 11.5 Å². The van der Waals surface area contributed by atoms with E-state index in [1.54, 1.807) is 13.4 Å².